The third-order valence-electron chi connectivity index (χ3n) is 1.95. The Balaban J connectivity index is 2.10. The Kier molecular flexibility index (Phi) is 2.45. The molecule has 0 bridgehead atoms. The van der Waals surface area contributed by atoms with Gasteiger partial charge in [-0.1, -0.05) is 11.3 Å². The number of aromatic nitrogens is 4. The lowest BCUT2D eigenvalue weighted by molar-refractivity contribution is 0.719. The van der Waals surface area contributed by atoms with Crippen molar-refractivity contribution in [3.8, 4) is 0 Å². The van der Waals surface area contributed by atoms with E-state index in [4.69, 9.17) is 0 Å². The van der Waals surface area contributed by atoms with Gasteiger partial charge in [0, 0.05) is 19.4 Å². The summed E-state index contributed by atoms with van der Waals surface area (Å²) in [6.45, 7) is 2.05. The molecule has 0 spiro atoms. The van der Waals surface area contributed by atoms with Crippen molar-refractivity contribution in [3.05, 3.63) is 23.7 Å². The minimum Gasteiger partial charge on any atom is -0.350 e. The Bertz CT molecular complexity index is 394. The number of nitrogens with one attached hydrogen (secondary N) is 1. The minimum atomic E-state index is 0.142. The summed E-state index contributed by atoms with van der Waals surface area (Å²) in [4.78, 5) is 4.25. The van der Waals surface area contributed by atoms with Gasteiger partial charge >= 0.3 is 0 Å². The quantitative estimate of drug-likeness (QED) is 0.831. The van der Waals surface area contributed by atoms with Crippen LogP contribution in [0.1, 0.15) is 18.8 Å². The molecular weight excluding hydrogens is 198 g/mol. The molecule has 0 saturated carbocycles. The summed E-state index contributed by atoms with van der Waals surface area (Å²) >= 11 is 1.48. The molecule has 2 rings (SSSR count). The van der Waals surface area contributed by atoms with Crippen LogP contribution in [0.2, 0.25) is 0 Å². The van der Waals surface area contributed by atoms with E-state index in [1.165, 1.54) is 11.3 Å². The van der Waals surface area contributed by atoms with Gasteiger partial charge in [0.15, 0.2) is 0 Å². The number of nitrogens with zero attached hydrogens (tertiary/aromatic N) is 4. The van der Waals surface area contributed by atoms with Gasteiger partial charge in [-0.05, 0) is 6.92 Å². The molecular formula is C8H11N5S. The average Bonchev–Trinajstić information content (AvgIpc) is 2.75. The second kappa shape index (κ2) is 3.75. The van der Waals surface area contributed by atoms with Gasteiger partial charge in [-0.15, -0.1) is 10.2 Å². The number of hydrogen-bond donors (Lipinski definition) is 1. The van der Waals surface area contributed by atoms with Crippen LogP contribution in [0.3, 0.4) is 0 Å². The van der Waals surface area contributed by atoms with Gasteiger partial charge in [0.2, 0.25) is 5.13 Å². The van der Waals surface area contributed by atoms with Gasteiger partial charge in [0.1, 0.15) is 11.3 Å². The SMILES string of the molecule is CC(Nc1nncs1)c1nccn1C. The summed E-state index contributed by atoms with van der Waals surface area (Å²) < 4.78 is 1.98. The minimum absolute atomic E-state index is 0.142. The first kappa shape index (κ1) is 9.14. The Morgan fingerprint density at radius 2 is 2.43 bits per heavy atom. The maximum Gasteiger partial charge on any atom is 0.205 e. The normalized spacial score (nSPS) is 12.7. The molecule has 6 heteroatoms. The Labute approximate surface area is 85.8 Å². The fourth-order valence-electron chi connectivity index (χ4n) is 1.28. The molecule has 0 aliphatic heterocycles. The van der Waals surface area contributed by atoms with E-state index in [2.05, 4.69) is 20.5 Å². The van der Waals surface area contributed by atoms with Crippen molar-refractivity contribution in [1.29, 1.82) is 0 Å². The zero-order chi connectivity index (χ0) is 9.97. The lowest BCUT2D eigenvalue weighted by atomic mass is 10.3. The lowest BCUT2D eigenvalue weighted by Crippen LogP contribution is -2.11. The molecule has 0 aromatic carbocycles. The van der Waals surface area contributed by atoms with Crippen LogP contribution in [-0.4, -0.2) is 19.7 Å². The highest BCUT2D eigenvalue weighted by Gasteiger charge is 2.10. The maximum atomic E-state index is 4.25. The summed E-state index contributed by atoms with van der Waals surface area (Å²) in [5.41, 5.74) is 1.70. The van der Waals surface area contributed by atoms with E-state index in [1.54, 1.807) is 11.7 Å². The summed E-state index contributed by atoms with van der Waals surface area (Å²) in [7, 11) is 1.97. The number of rotatable bonds is 3. The van der Waals surface area contributed by atoms with E-state index in [9.17, 15) is 0 Å². The van der Waals surface area contributed by atoms with Crippen LogP contribution < -0.4 is 5.32 Å². The van der Waals surface area contributed by atoms with Crippen LogP contribution in [0.25, 0.3) is 0 Å². The molecule has 0 saturated heterocycles. The summed E-state index contributed by atoms with van der Waals surface area (Å²) in [5, 5.41) is 11.7. The Morgan fingerprint density at radius 1 is 1.57 bits per heavy atom. The summed E-state index contributed by atoms with van der Waals surface area (Å²) in [6, 6.07) is 0.142. The average molecular weight is 209 g/mol. The monoisotopic (exact) mass is 209 g/mol. The highest BCUT2D eigenvalue weighted by atomic mass is 32.1. The first-order valence-corrected chi connectivity index (χ1v) is 5.15. The van der Waals surface area contributed by atoms with Gasteiger partial charge in [-0.3, -0.25) is 0 Å². The molecule has 1 N–H and O–H groups in total. The molecule has 1 unspecified atom stereocenters. The number of imidazole rings is 1. The molecule has 2 aromatic heterocycles. The van der Waals surface area contributed by atoms with E-state index in [0.29, 0.717) is 0 Å². The second-order valence-corrected chi connectivity index (χ2v) is 3.84. The van der Waals surface area contributed by atoms with Crippen molar-refractivity contribution < 1.29 is 0 Å². The van der Waals surface area contributed by atoms with Crippen LogP contribution >= 0.6 is 11.3 Å². The van der Waals surface area contributed by atoms with E-state index in [1.807, 2.05) is 24.7 Å². The molecule has 2 heterocycles. The molecule has 2 aromatic rings. The Morgan fingerprint density at radius 3 is 3.00 bits per heavy atom. The van der Waals surface area contributed by atoms with Gasteiger partial charge in [0.05, 0.1) is 6.04 Å². The first-order valence-electron chi connectivity index (χ1n) is 4.27. The summed E-state index contributed by atoms with van der Waals surface area (Å²) in [5.74, 6) is 0.986. The van der Waals surface area contributed by atoms with Gasteiger partial charge in [-0.2, -0.15) is 0 Å². The molecule has 5 nitrogen and oxygen atoms in total. The van der Waals surface area contributed by atoms with E-state index < -0.39 is 0 Å². The lowest BCUT2D eigenvalue weighted by Gasteiger charge is -2.11. The number of anilines is 1. The standard InChI is InChI=1S/C8H11N5S/c1-6(7-9-3-4-13(7)2)11-8-12-10-5-14-8/h3-6H,1-2H3,(H,11,12). The zero-order valence-corrected chi connectivity index (χ0v) is 8.82. The van der Waals surface area contributed by atoms with Crippen molar-refractivity contribution in [1.82, 2.24) is 19.7 Å². The van der Waals surface area contributed by atoms with Crippen molar-refractivity contribution in [2.75, 3.05) is 5.32 Å². The molecule has 0 amide bonds. The predicted octanol–water partition coefficient (Wildman–Crippen LogP) is 1.44. The molecule has 0 fully saturated rings. The van der Waals surface area contributed by atoms with E-state index >= 15 is 0 Å². The van der Waals surface area contributed by atoms with Crippen molar-refractivity contribution in [3.63, 3.8) is 0 Å². The van der Waals surface area contributed by atoms with E-state index in [0.717, 1.165) is 11.0 Å². The van der Waals surface area contributed by atoms with Crippen molar-refractivity contribution >= 4 is 16.5 Å². The smallest absolute Gasteiger partial charge is 0.205 e. The third-order valence-corrected chi connectivity index (χ3v) is 2.57. The van der Waals surface area contributed by atoms with Crippen molar-refractivity contribution in [2.45, 2.75) is 13.0 Å². The highest BCUT2D eigenvalue weighted by Crippen LogP contribution is 2.17. The molecule has 0 aliphatic rings. The van der Waals surface area contributed by atoms with Crippen LogP contribution in [-0.2, 0) is 7.05 Å². The summed E-state index contributed by atoms with van der Waals surface area (Å²) in [6.07, 6.45) is 3.71. The highest BCUT2D eigenvalue weighted by molar-refractivity contribution is 7.13. The second-order valence-electron chi connectivity index (χ2n) is 3.01. The zero-order valence-electron chi connectivity index (χ0n) is 8.01. The molecule has 74 valence electrons. The molecule has 14 heavy (non-hydrogen) atoms. The van der Waals surface area contributed by atoms with Gasteiger partial charge in [-0.25, -0.2) is 4.98 Å². The van der Waals surface area contributed by atoms with Crippen LogP contribution in [0.15, 0.2) is 17.9 Å². The van der Waals surface area contributed by atoms with Crippen LogP contribution in [0, 0.1) is 0 Å². The van der Waals surface area contributed by atoms with E-state index in [-0.39, 0.29) is 6.04 Å². The largest absolute Gasteiger partial charge is 0.350 e. The van der Waals surface area contributed by atoms with Gasteiger partial charge in [0.25, 0.3) is 0 Å². The van der Waals surface area contributed by atoms with Crippen LogP contribution in [0.4, 0.5) is 5.13 Å². The first-order chi connectivity index (χ1) is 6.77. The maximum absolute atomic E-state index is 4.25. The number of aryl methyl sites for hydroxylation is 1. The molecule has 1 atom stereocenters. The fourth-order valence-corrected chi connectivity index (χ4v) is 1.81. The topological polar surface area (TPSA) is 55.6 Å². The fraction of sp³-hybridized carbons (Fsp3) is 0.375. The molecule has 0 aliphatic carbocycles. The number of hydrogen-bond acceptors (Lipinski definition) is 5. The molecule has 0 radical (unpaired) electrons. The van der Waals surface area contributed by atoms with Crippen LogP contribution in [0.5, 0.6) is 0 Å². The van der Waals surface area contributed by atoms with Crippen molar-refractivity contribution in [2.24, 2.45) is 7.05 Å². The van der Waals surface area contributed by atoms with Gasteiger partial charge < -0.3 is 9.88 Å². The Hall–Kier alpha value is -1.43. The predicted molar refractivity (Wildman–Crippen MR) is 55.2 cm³/mol. The third kappa shape index (κ3) is 1.74.